The van der Waals surface area contributed by atoms with Crippen LogP contribution in [-0.4, -0.2) is 35.4 Å². The van der Waals surface area contributed by atoms with Crippen molar-refractivity contribution in [1.29, 1.82) is 0 Å². The van der Waals surface area contributed by atoms with Crippen LogP contribution in [0.3, 0.4) is 0 Å². The summed E-state index contributed by atoms with van der Waals surface area (Å²) < 4.78 is 5.05. The molecule has 5 nitrogen and oxygen atoms in total. The van der Waals surface area contributed by atoms with Gasteiger partial charge in [-0.2, -0.15) is 0 Å². The van der Waals surface area contributed by atoms with Crippen LogP contribution >= 0.6 is 0 Å². The standard InChI is InChI=1S/C14H26O5/c15-11-7-4-8-12-19-14(18)10-6-3-1-2-5-9-13(16)17/h15H,1-12H2,(H,16,17). The Morgan fingerprint density at radius 3 is 2.00 bits per heavy atom. The Bertz CT molecular complexity index is 240. The highest BCUT2D eigenvalue weighted by Crippen LogP contribution is 2.08. The zero-order chi connectivity index (χ0) is 14.3. The Balaban J connectivity index is 3.18. The Kier molecular flexibility index (Phi) is 12.6. The molecule has 0 aromatic rings. The second-order valence-corrected chi connectivity index (χ2v) is 4.67. The third kappa shape index (κ3) is 14.8. The van der Waals surface area contributed by atoms with Gasteiger partial charge < -0.3 is 14.9 Å². The van der Waals surface area contributed by atoms with Crippen LogP contribution in [0.5, 0.6) is 0 Å². The number of aliphatic carboxylic acids is 1. The lowest BCUT2D eigenvalue weighted by Gasteiger charge is -2.04. The average Bonchev–Trinajstić information content (AvgIpc) is 2.37. The summed E-state index contributed by atoms with van der Waals surface area (Å²) in [6, 6.07) is 0. The molecule has 0 saturated carbocycles. The van der Waals surface area contributed by atoms with E-state index in [1.54, 1.807) is 0 Å². The summed E-state index contributed by atoms with van der Waals surface area (Å²) in [5, 5.41) is 17.0. The van der Waals surface area contributed by atoms with Crippen LogP contribution in [-0.2, 0) is 14.3 Å². The number of unbranched alkanes of at least 4 members (excludes halogenated alkanes) is 6. The first-order valence-electron chi connectivity index (χ1n) is 7.15. The Morgan fingerprint density at radius 2 is 1.37 bits per heavy atom. The van der Waals surface area contributed by atoms with E-state index in [0.717, 1.165) is 44.9 Å². The van der Waals surface area contributed by atoms with Gasteiger partial charge in [0.15, 0.2) is 0 Å². The molecule has 0 aromatic carbocycles. The van der Waals surface area contributed by atoms with Gasteiger partial charge in [-0.25, -0.2) is 0 Å². The van der Waals surface area contributed by atoms with Gasteiger partial charge in [0.05, 0.1) is 6.61 Å². The normalized spacial score (nSPS) is 10.4. The second kappa shape index (κ2) is 13.3. The molecule has 0 aliphatic heterocycles. The van der Waals surface area contributed by atoms with Crippen molar-refractivity contribution in [1.82, 2.24) is 0 Å². The highest BCUT2D eigenvalue weighted by molar-refractivity contribution is 5.69. The summed E-state index contributed by atoms with van der Waals surface area (Å²) in [6.07, 6.45) is 7.46. The number of hydrogen-bond donors (Lipinski definition) is 2. The van der Waals surface area contributed by atoms with Gasteiger partial charge in [-0.3, -0.25) is 9.59 Å². The molecular formula is C14H26O5. The molecule has 2 N–H and O–H groups in total. The third-order valence-electron chi connectivity index (χ3n) is 2.84. The van der Waals surface area contributed by atoms with E-state index in [1.807, 2.05) is 0 Å². The Hall–Kier alpha value is -1.10. The molecule has 0 aromatic heterocycles. The van der Waals surface area contributed by atoms with Gasteiger partial charge in [0, 0.05) is 19.4 Å². The maximum Gasteiger partial charge on any atom is 0.305 e. The van der Waals surface area contributed by atoms with E-state index in [2.05, 4.69) is 0 Å². The van der Waals surface area contributed by atoms with Crippen molar-refractivity contribution in [2.24, 2.45) is 0 Å². The van der Waals surface area contributed by atoms with Crippen molar-refractivity contribution < 1.29 is 24.5 Å². The molecule has 0 aliphatic carbocycles. The SMILES string of the molecule is O=C(O)CCCCCCCC(=O)OCCCCCO. The molecule has 5 heteroatoms. The molecule has 0 heterocycles. The number of aliphatic hydroxyl groups excluding tert-OH is 1. The van der Waals surface area contributed by atoms with Gasteiger partial charge >= 0.3 is 11.9 Å². The number of carboxylic acids is 1. The van der Waals surface area contributed by atoms with Crippen molar-refractivity contribution in [3.63, 3.8) is 0 Å². The molecule has 0 aliphatic rings. The lowest BCUT2D eigenvalue weighted by Crippen LogP contribution is -2.05. The van der Waals surface area contributed by atoms with Crippen LogP contribution < -0.4 is 0 Å². The van der Waals surface area contributed by atoms with E-state index in [1.165, 1.54) is 0 Å². The molecule has 0 unspecified atom stereocenters. The van der Waals surface area contributed by atoms with E-state index in [0.29, 0.717) is 19.4 Å². The predicted molar refractivity (Wildman–Crippen MR) is 71.9 cm³/mol. The van der Waals surface area contributed by atoms with Crippen molar-refractivity contribution in [2.75, 3.05) is 13.2 Å². The van der Waals surface area contributed by atoms with E-state index in [9.17, 15) is 9.59 Å². The minimum Gasteiger partial charge on any atom is -0.481 e. The maximum atomic E-state index is 11.3. The number of ether oxygens (including phenoxy) is 1. The lowest BCUT2D eigenvalue weighted by atomic mass is 10.1. The molecule has 0 amide bonds. The number of carboxylic acid groups (broad SMARTS) is 1. The van der Waals surface area contributed by atoms with Gasteiger partial charge in [-0.05, 0) is 32.1 Å². The van der Waals surface area contributed by atoms with E-state index < -0.39 is 5.97 Å². The fourth-order valence-corrected chi connectivity index (χ4v) is 1.72. The minimum absolute atomic E-state index is 0.158. The summed E-state index contributed by atoms with van der Waals surface area (Å²) in [7, 11) is 0. The molecule has 0 saturated heterocycles. The molecule has 112 valence electrons. The fourth-order valence-electron chi connectivity index (χ4n) is 1.72. The summed E-state index contributed by atoms with van der Waals surface area (Å²) in [5.41, 5.74) is 0. The molecule has 0 fully saturated rings. The largest absolute Gasteiger partial charge is 0.481 e. The van der Waals surface area contributed by atoms with Crippen molar-refractivity contribution in [3.8, 4) is 0 Å². The molecule has 0 spiro atoms. The van der Waals surface area contributed by atoms with Crippen molar-refractivity contribution in [2.45, 2.75) is 64.2 Å². The maximum absolute atomic E-state index is 11.3. The summed E-state index contributed by atoms with van der Waals surface area (Å²) >= 11 is 0. The van der Waals surface area contributed by atoms with Crippen LogP contribution in [0.25, 0.3) is 0 Å². The number of rotatable bonds is 13. The first kappa shape index (κ1) is 17.9. The minimum atomic E-state index is -0.746. The number of aliphatic hydroxyl groups is 1. The van der Waals surface area contributed by atoms with Gasteiger partial charge in [0.1, 0.15) is 0 Å². The quantitative estimate of drug-likeness (QED) is 0.398. The molecule has 0 rings (SSSR count). The van der Waals surface area contributed by atoms with Gasteiger partial charge in [0.2, 0.25) is 0 Å². The first-order valence-corrected chi connectivity index (χ1v) is 7.15. The van der Waals surface area contributed by atoms with Crippen LogP contribution in [0.4, 0.5) is 0 Å². The predicted octanol–water partition coefficient (Wildman–Crippen LogP) is 2.51. The number of esters is 1. The first-order chi connectivity index (χ1) is 9.16. The zero-order valence-electron chi connectivity index (χ0n) is 11.6. The highest BCUT2D eigenvalue weighted by atomic mass is 16.5. The molecule has 19 heavy (non-hydrogen) atoms. The second-order valence-electron chi connectivity index (χ2n) is 4.67. The fraction of sp³-hybridized carbons (Fsp3) is 0.857. The smallest absolute Gasteiger partial charge is 0.305 e. The highest BCUT2D eigenvalue weighted by Gasteiger charge is 2.02. The summed E-state index contributed by atoms with van der Waals surface area (Å²) in [4.78, 5) is 21.6. The van der Waals surface area contributed by atoms with Crippen LogP contribution in [0.1, 0.15) is 64.2 Å². The van der Waals surface area contributed by atoms with E-state index in [-0.39, 0.29) is 19.0 Å². The molecule has 0 atom stereocenters. The Morgan fingerprint density at radius 1 is 0.789 bits per heavy atom. The summed E-state index contributed by atoms with van der Waals surface area (Å²) in [5.74, 6) is -0.903. The number of carbonyl (C=O) groups excluding carboxylic acids is 1. The lowest BCUT2D eigenvalue weighted by molar-refractivity contribution is -0.144. The molecule has 0 bridgehead atoms. The van der Waals surface area contributed by atoms with Crippen LogP contribution in [0.2, 0.25) is 0 Å². The van der Waals surface area contributed by atoms with E-state index in [4.69, 9.17) is 14.9 Å². The van der Waals surface area contributed by atoms with Crippen LogP contribution in [0, 0.1) is 0 Å². The number of carbonyl (C=O) groups is 2. The topological polar surface area (TPSA) is 83.8 Å². The molecule has 0 radical (unpaired) electrons. The van der Waals surface area contributed by atoms with Gasteiger partial charge in [-0.1, -0.05) is 19.3 Å². The third-order valence-corrected chi connectivity index (χ3v) is 2.84. The molecular weight excluding hydrogens is 248 g/mol. The van der Waals surface area contributed by atoms with E-state index >= 15 is 0 Å². The van der Waals surface area contributed by atoms with Crippen molar-refractivity contribution >= 4 is 11.9 Å². The zero-order valence-corrected chi connectivity index (χ0v) is 11.6. The summed E-state index contributed by atoms with van der Waals surface area (Å²) in [6.45, 7) is 0.632. The van der Waals surface area contributed by atoms with Gasteiger partial charge in [0.25, 0.3) is 0 Å². The number of hydrogen-bond acceptors (Lipinski definition) is 4. The average molecular weight is 274 g/mol. The van der Waals surface area contributed by atoms with Crippen molar-refractivity contribution in [3.05, 3.63) is 0 Å². The Labute approximate surface area is 115 Å². The van der Waals surface area contributed by atoms with Gasteiger partial charge in [-0.15, -0.1) is 0 Å². The monoisotopic (exact) mass is 274 g/mol. The van der Waals surface area contributed by atoms with Crippen LogP contribution in [0.15, 0.2) is 0 Å².